The second-order valence-corrected chi connectivity index (χ2v) is 11.4. The van der Waals surface area contributed by atoms with Crippen LogP contribution in [-0.2, 0) is 28.3 Å². The van der Waals surface area contributed by atoms with Gasteiger partial charge in [0.1, 0.15) is 6.04 Å². The first kappa shape index (κ1) is 28.0. The number of nitrogens with zero attached hydrogens (tertiary/aromatic N) is 1. The van der Waals surface area contributed by atoms with Crippen molar-refractivity contribution < 1.29 is 9.59 Å². The maximum absolute atomic E-state index is 13.7. The number of carbonyl (C=O) groups is 2. The third kappa shape index (κ3) is 9.14. The number of rotatable bonds is 12. The maximum Gasteiger partial charge on any atom is 0.243 e. The topological polar surface area (TPSA) is 49.4 Å². The summed E-state index contributed by atoms with van der Waals surface area (Å²) in [7, 11) is 0. The molecule has 3 rings (SSSR count). The number of benzene rings is 3. The van der Waals surface area contributed by atoms with Gasteiger partial charge in [0.15, 0.2) is 0 Å². The molecular formula is C30H35BrN2O2S. The Hall–Kier alpha value is -2.57. The standard InChI is InChI=1S/C30H35BrN2O2S/c1-22(2)18-32-30(35)28(17-24-10-5-4-6-11-24)33(19-25-12-8-14-27(31)16-25)29(34)21-36-20-26-13-7-9-23(3)15-26/h4-16,22,28H,17-21H2,1-3H3,(H,32,35)/t28-/m0/s1. The molecule has 190 valence electrons. The number of halogens is 1. The Morgan fingerprint density at radius 2 is 1.61 bits per heavy atom. The van der Waals surface area contributed by atoms with E-state index in [0.717, 1.165) is 21.4 Å². The zero-order chi connectivity index (χ0) is 25.9. The SMILES string of the molecule is Cc1cccc(CSCC(=O)N(Cc2cccc(Br)c2)[C@@H](Cc2ccccc2)C(=O)NCC(C)C)c1. The van der Waals surface area contributed by atoms with Crippen LogP contribution in [0.2, 0.25) is 0 Å². The van der Waals surface area contributed by atoms with E-state index >= 15 is 0 Å². The number of hydrogen-bond donors (Lipinski definition) is 1. The molecule has 1 N–H and O–H groups in total. The molecule has 0 bridgehead atoms. The average molecular weight is 568 g/mol. The van der Waals surface area contributed by atoms with Crippen molar-refractivity contribution in [2.45, 2.75) is 45.5 Å². The van der Waals surface area contributed by atoms with E-state index < -0.39 is 6.04 Å². The summed E-state index contributed by atoms with van der Waals surface area (Å²) < 4.78 is 0.949. The molecule has 0 aliphatic rings. The minimum atomic E-state index is -0.600. The van der Waals surface area contributed by atoms with Crippen molar-refractivity contribution in [2.24, 2.45) is 5.92 Å². The number of aryl methyl sites for hydroxylation is 1. The molecule has 0 unspecified atom stereocenters. The number of amides is 2. The number of thioether (sulfide) groups is 1. The van der Waals surface area contributed by atoms with Gasteiger partial charge in [-0.1, -0.05) is 102 Å². The Bertz CT molecular complexity index is 1140. The molecule has 3 aromatic carbocycles. The zero-order valence-electron chi connectivity index (χ0n) is 21.2. The number of carbonyl (C=O) groups excluding carboxylic acids is 2. The van der Waals surface area contributed by atoms with Crippen molar-refractivity contribution in [1.82, 2.24) is 10.2 Å². The molecule has 1 atom stereocenters. The third-order valence-corrected chi connectivity index (χ3v) is 7.26. The number of nitrogens with one attached hydrogen (secondary N) is 1. The van der Waals surface area contributed by atoms with Gasteiger partial charge in [-0.25, -0.2) is 0 Å². The van der Waals surface area contributed by atoms with Crippen LogP contribution >= 0.6 is 27.7 Å². The summed E-state index contributed by atoms with van der Waals surface area (Å²) >= 11 is 5.12. The van der Waals surface area contributed by atoms with Gasteiger partial charge in [-0.2, -0.15) is 0 Å². The van der Waals surface area contributed by atoms with Crippen molar-refractivity contribution in [3.05, 3.63) is 106 Å². The van der Waals surface area contributed by atoms with E-state index in [1.807, 2.05) is 60.7 Å². The molecule has 0 aromatic heterocycles. The molecule has 0 heterocycles. The molecule has 0 spiro atoms. The van der Waals surface area contributed by atoms with Crippen molar-refractivity contribution in [2.75, 3.05) is 12.3 Å². The smallest absolute Gasteiger partial charge is 0.243 e. The highest BCUT2D eigenvalue weighted by Gasteiger charge is 2.30. The molecule has 36 heavy (non-hydrogen) atoms. The highest BCUT2D eigenvalue weighted by Crippen LogP contribution is 2.20. The molecule has 6 heteroatoms. The van der Waals surface area contributed by atoms with Gasteiger partial charge in [-0.05, 0) is 41.7 Å². The van der Waals surface area contributed by atoms with Crippen LogP contribution in [0.25, 0.3) is 0 Å². The Labute approximate surface area is 228 Å². The fourth-order valence-electron chi connectivity index (χ4n) is 3.95. The summed E-state index contributed by atoms with van der Waals surface area (Å²) in [4.78, 5) is 28.9. The van der Waals surface area contributed by atoms with Crippen LogP contribution in [0.3, 0.4) is 0 Å². The van der Waals surface area contributed by atoms with Crippen LogP contribution < -0.4 is 5.32 Å². The summed E-state index contributed by atoms with van der Waals surface area (Å²) in [6.07, 6.45) is 0.465. The van der Waals surface area contributed by atoms with Crippen molar-refractivity contribution in [3.8, 4) is 0 Å². The summed E-state index contributed by atoms with van der Waals surface area (Å²) in [5.74, 6) is 1.24. The van der Waals surface area contributed by atoms with E-state index in [-0.39, 0.29) is 11.8 Å². The van der Waals surface area contributed by atoms with Gasteiger partial charge in [0.25, 0.3) is 0 Å². The second kappa shape index (κ2) is 14.2. The fourth-order valence-corrected chi connectivity index (χ4v) is 5.25. The summed E-state index contributed by atoms with van der Waals surface area (Å²) in [6.45, 7) is 7.15. The fraction of sp³-hybridized carbons (Fsp3) is 0.333. The highest BCUT2D eigenvalue weighted by atomic mass is 79.9. The van der Waals surface area contributed by atoms with E-state index in [1.165, 1.54) is 11.1 Å². The molecule has 0 radical (unpaired) electrons. The third-order valence-electron chi connectivity index (χ3n) is 5.77. The van der Waals surface area contributed by atoms with E-state index in [4.69, 9.17) is 0 Å². The van der Waals surface area contributed by atoms with Crippen LogP contribution in [0, 0.1) is 12.8 Å². The van der Waals surface area contributed by atoms with Gasteiger partial charge in [0.2, 0.25) is 11.8 Å². The first-order valence-electron chi connectivity index (χ1n) is 12.3. The molecule has 0 aliphatic heterocycles. The van der Waals surface area contributed by atoms with Crippen LogP contribution in [0.4, 0.5) is 0 Å². The molecule has 0 fully saturated rings. The van der Waals surface area contributed by atoms with Gasteiger partial charge in [-0.15, -0.1) is 11.8 Å². The average Bonchev–Trinajstić information content (AvgIpc) is 2.85. The molecule has 2 amide bonds. The quantitative estimate of drug-likeness (QED) is 0.276. The van der Waals surface area contributed by atoms with Crippen LogP contribution in [0.15, 0.2) is 83.3 Å². The molecule has 0 saturated heterocycles. The molecule has 0 saturated carbocycles. The second-order valence-electron chi connectivity index (χ2n) is 9.48. The summed E-state index contributed by atoms with van der Waals surface area (Å²) in [5.41, 5.74) is 4.42. The van der Waals surface area contributed by atoms with Gasteiger partial charge in [0.05, 0.1) is 5.75 Å². The lowest BCUT2D eigenvalue weighted by Gasteiger charge is -2.32. The van der Waals surface area contributed by atoms with Crippen molar-refractivity contribution in [1.29, 1.82) is 0 Å². The van der Waals surface area contributed by atoms with Crippen molar-refractivity contribution >= 4 is 39.5 Å². The predicted molar refractivity (Wildman–Crippen MR) is 154 cm³/mol. The lowest BCUT2D eigenvalue weighted by molar-refractivity contribution is -0.139. The van der Waals surface area contributed by atoms with Gasteiger partial charge in [0, 0.05) is 29.7 Å². The van der Waals surface area contributed by atoms with E-state index in [1.54, 1.807) is 16.7 Å². The minimum absolute atomic E-state index is 0.0340. The van der Waals surface area contributed by atoms with Gasteiger partial charge >= 0.3 is 0 Å². The van der Waals surface area contributed by atoms with Crippen LogP contribution in [-0.4, -0.2) is 35.1 Å². The Morgan fingerprint density at radius 1 is 0.917 bits per heavy atom. The molecular weight excluding hydrogens is 532 g/mol. The predicted octanol–water partition coefficient (Wildman–Crippen LogP) is 6.40. The molecule has 0 aliphatic carbocycles. The summed E-state index contributed by atoms with van der Waals surface area (Å²) in [6, 6.07) is 25.6. The van der Waals surface area contributed by atoms with E-state index in [9.17, 15) is 9.59 Å². The van der Waals surface area contributed by atoms with Gasteiger partial charge in [-0.3, -0.25) is 9.59 Å². The van der Waals surface area contributed by atoms with Crippen LogP contribution in [0.5, 0.6) is 0 Å². The van der Waals surface area contributed by atoms with E-state index in [0.29, 0.717) is 31.2 Å². The molecule has 4 nitrogen and oxygen atoms in total. The summed E-state index contributed by atoms with van der Waals surface area (Å²) in [5, 5.41) is 3.07. The normalized spacial score (nSPS) is 11.8. The Kier molecular flexibility index (Phi) is 11.1. The van der Waals surface area contributed by atoms with Gasteiger partial charge < -0.3 is 10.2 Å². The first-order valence-corrected chi connectivity index (χ1v) is 14.3. The minimum Gasteiger partial charge on any atom is -0.354 e. The Balaban J connectivity index is 1.84. The van der Waals surface area contributed by atoms with Crippen LogP contribution in [0.1, 0.15) is 36.1 Å². The molecule has 3 aromatic rings. The van der Waals surface area contributed by atoms with E-state index in [2.05, 4.69) is 60.2 Å². The lowest BCUT2D eigenvalue weighted by Crippen LogP contribution is -2.51. The zero-order valence-corrected chi connectivity index (χ0v) is 23.6. The van der Waals surface area contributed by atoms with Crippen molar-refractivity contribution in [3.63, 3.8) is 0 Å². The highest BCUT2D eigenvalue weighted by molar-refractivity contribution is 9.10. The largest absolute Gasteiger partial charge is 0.354 e. The number of hydrogen-bond acceptors (Lipinski definition) is 3. The monoisotopic (exact) mass is 566 g/mol. The maximum atomic E-state index is 13.7. The Morgan fingerprint density at radius 3 is 2.31 bits per heavy atom. The first-order chi connectivity index (χ1) is 17.3. The lowest BCUT2D eigenvalue weighted by atomic mass is 10.0.